The number of rotatable bonds is 0. The van der Waals surface area contributed by atoms with Gasteiger partial charge in [0, 0.05) is 18.0 Å². The summed E-state index contributed by atoms with van der Waals surface area (Å²) in [6.45, 7) is 2.72. The maximum Gasteiger partial charge on any atom is 0.261 e. The molecule has 0 saturated heterocycles. The molecule has 3 rings (SSSR count). The largest absolute Gasteiger partial charge is 0.296 e. The predicted octanol–water partition coefficient (Wildman–Crippen LogP) is 2.30. The van der Waals surface area contributed by atoms with Crippen LogP contribution in [-0.4, -0.2) is 9.55 Å². The Balaban J connectivity index is 2.51. The van der Waals surface area contributed by atoms with Crippen LogP contribution in [0.3, 0.4) is 0 Å². The van der Waals surface area contributed by atoms with Gasteiger partial charge in [0.1, 0.15) is 5.82 Å². The van der Waals surface area contributed by atoms with Crippen molar-refractivity contribution >= 4 is 22.5 Å². The summed E-state index contributed by atoms with van der Waals surface area (Å²) in [6.07, 6.45) is 1.90. The Hall–Kier alpha value is -1.35. The summed E-state index contributed by atoms with van der Waals surface area (Å²) in [4.78, 5) is 16.8. The van der Waals surface area contributed by atoms with Gasteiger partial charge in [0.2, 0.25) is 0 Å². The molecule has 2 heterocycles. The minimum Gasteiger partial charge on any atom is -0.296 e. The highest BCUT2D eigenvalue weighted by Gasteiger charge is 2.16. The van der Waals surface area contributed by atoms with Crippen LogP contribution in [-0.2, 0) is 13.0 Å². The molecule has 3 nitrogen and oxygen atoms in total. The molecule has 1 aromatic carbocycles. The van der Waals surface area contributed by atoms with E-state index in [1.54, 1.807) is 10.6 Å². The first-order valence-corrected chi connectivity index (χ1v) is 5.74. The molecule has 1 aromatic heterocycles. The third kappa shape index (κ3) is 1.28. The van der Waals surface area contributed by atoms with Gasteiger partial charge in [-0.15, -0.1) is 0 Å². The minimum atomic E-state index is 0.0445. The van der Waals surface area contributed by atoms with Crippen LogP contribution in [0.5, 0.6) is 0 Å². The lowest BCUT2D eigenvalue weighted by molar-refractivity contribution is 0.719. The van der Waals surface area contributed by atoms with Gasteiger partial charge in [-0.25, -0.2) is 4.98 Å². The Kier molecular flexibility index (Phi) is 2.04. The van der Waals surface area contributed by atoms with Crippen molar-refractivity contribution in [1.82, 2.24) is 9.55 Å². The van der Waals surface area contributed by atoms with Gasteiger partial charge in [0.25, 0.3) is 5.56 Å². The molecule has 0 atom stereocenters. The lowest BCUT2D eigenvalue weighted by atomic mass is 10.1. The Morgan fingerprint density at radius 3 is 3.06 bits per heavy atom. The highest BCUT2D eigenvalue weighted by Crippen LogP contribution is 2.21. The number of aromatic nitrogens is 2. The summed E-state index contributed by atoms with van der Waals surface area (Å²) in [7, 11) is 0. The lowest BCUT2D eigenvalue weighted by Crippen LogP contribution is -2.21. The molecule has 0 radical (unpaired) electrons. The Morgan fingerprint density at radius 1 is 1.44 bits per heavy atom. The quantitative estimate of drug-likeness (QED) is 0.701. The molecule has 82 valence electrons. The summed E-state index contributed by atoms with van der Waals surface area (Å²) < 4.78 is 1.76. The van der Waals surface area contributed by atoms with Gasteiger partial charge in [-0.2, -0.15) is 0 Å². The van der Waals surface area contributed by atoms with Gasteiger partial charge in [-0.05, 0) is 31.0 Å². The van der Waals surface area contributed by atoms with Crippen LogP contribution in [0.1, 0.15) is 17.8 Å². The molecule has 0 unspecified atom stereocenters. The number of aryl methyl sites for hydroxylation is 2. The molecule has 0 aliphatic carbocycles. The van der Waals surface area contributed by atoms with Crippen LogP contribution >= 0.6 is 11.6 Å². The Morgan fingerprint density at radius 2 is 2.25 bits per heavy atom. The number of benzene rings is 1. The van der Waals surface area contributed by atoms with E-state index in [1.807, 2.05) is 13.0 Å². The first-order chi connectivity index (χ1) is 7.66. The van der Waals surface area contributed by atoms with Crippen molar-refractivity contribution in [1.29, 1.82) is 0 Å². The maximum absolute atomic E-state index is 12.2. The molecule has 0 saturated carbocycles. The monoisotopic (exact) mass is 234 g/mol. The van der Waals surface area contributed by atoms with Crippen LogP contribution in [0, 0.1) is 6.92 Å². The average Bonchev–Trinajstić information content (AvgIpc) is 2.68. The fraction of sp³-hybridized carbons (Fsp3) is 0.333. The zero-order valence-corrected chi connectivity index (χ0v) is 9.71. The number of hydrogen-bond acceptors (Lipinski definition) is 2. The Bertz CT molecular complexity index is 645. The predicted molar refractivity (Wildman–Crippen MR) is 64.1 cm³/mol. The van der Waals surface area contributed by atoms with Crippen LogP contribution in [0.4, 0.5) is 0 Å². The molecular formula is C12H11ClN2O. The van der Waals surface area contributed by atoms with Crippen molar-refractivity contribution < 1.29 is 0 Å². The summed E-state index contributed by atoms with van der Waals surface area (Å²) in [6, 6.07) is 3.56. The van der Waals surface area contributed by atoms with E-state index in [9.17, 15) is 4.79 Å². The molecule has 1 aliphatic rings. The normalized spacial score (nSPS) is 14.4. The zero-order chi connectivity index (χ0) is 11.3. The smallest absolute Gasteiger partial charge is 0.261 e. The van der Waals surface area contributed by atoms with Gasteiger partial charge in [-0.3, -0.25) is 9.36 Å². The minimum absolute atomic E-state index is 0.0445. The van der Waals surface area contributed by atoms with E-state index >= 15 is 0 Å². The molecule has 0 fully saturated rings. The van der Waals surface area contributed by atoms with Gasteiger partial charge >= 0.3 is 0 Å². The lowest BCUT2D eigenvalue weighted by Gasteiger charge is -2.07. The molecular weight excluding hydrogens is 224 g/mol. The second kappa shape index (κ2) is 3.32. The molecule has 0 bridgehead atoms. The standard InChI is InChI=1S/C12H11ClN2O/c1-7-5-8(13)6-9-11(7)14-10-3-2-4-15(10)12(9)16/h5-6H,2-4H2,1H3. The molecule has 1 aliphatic heterocycles. The number of halogens is 1. The van der Waals surface area contributed by atoms with Gasteiger partial charge in [0.05, 0.1) is 10.9 Å². The molecule has 0 N–H and O–H groups in total. The first-order valence-electron chi connectivity index (χ1n) is 5.36. The van der Waals surface area contributed by atoms with E-state index in [0.717, 1.165) is 36.3 Å². The van der Waals surface area contributed by atoms with E-state index < -0.39 is 0 Å². The number of hydrogen-bond donors (Lipinski definition) is 0. The molecule has 16 heavy (non-hydrogen) atoms. The number of fused-ring (bicyclic) bond motifs is 2. The van der Waals surface area contributed by atoms with Crippen molar-refractivity contribution in [2.75, 3.05) is 0 Å². The van der Waals surface area contributed by atoms with Crippen molar-refractivity contribution in [2.45, 2.75) is 26.3 Å². The van der Waals surface area contributed by atoms with Gasteiger partial charge < -0.3 is 0 Å². The fourth-order valence-corrected chi connectivity index (χ4v) is 2.59. The summed E-state index contributed by atoms with van der Waals surface area (Å²) in [5.74, 6) is 0.905. The topological polar surface area (TPSA) is 34.9 Å². The first kappa shape index (κ1) is 9.85. The van der Waals surface area contributed by atoms with E-state index in [-0.39, 0.29) is 5.56 Å². The summed E-state index contributed by atoms with van der Waals surface area (Å²) >= 11 is 5.97. The van der Waals surface area contributed by atoms with Crippen LogP contribution in [0.15, 0.2) is 16.9 Å². The Labute approximate surface area is 97.7 Å². The van der Waals surface area contributed by atoms with E-state index in [4.69, 9.17) is 11.6 Å². The highest BCUT2D eigenvalue weighted by atomic mass is 35.5. The van der Waals surface area contributed by atoms with E-state index in [2.05, 4.69) is 4.98 Å². The van der Waals surface area contributed by atoms with Crippen molar-refractivity contribution in [2.24, 2.45) is 0 Å². The SMILES string of the molecule is Cc1cc(Cl)cc2c(=O)n3c(nc12)CCC3. The third-order valence-electron chi connectivity index (χ3n) is 3.08. The summed E-state index contributed by atoms with van der Waals surface area (Å²) in [5, 5.41) is 1.23. The average molecular weight is 235 g/mol. The van der Waals surface area contributed by atoms with Crippen LogP contribution in [0.25, 0.3) is 10.9 Å². The van der Waals surface area contributed by atoms with E-state index in [0.29, 0.717) is 10.4 Å². The molecule has 4 heteroatoms. The molecule has 0 amide bonds. The summed E-state index contributed by atoms with van der Waals surface area (Å²) in [5.41, 5.74) is 1.81. The highest BCUT2D eigenvalue weighted by molar-refractivity contribution is 6.31. The fourth-order valence-electron chi connectivity index (χ4n) is 2.32. The molecule has 0 spiro atoms. The maximum atomic E-state index is 12.2. The third-order valence-corrected chi connectivity index (χ3v) is 3.29. The van der Waals surface area contributed by atoms with Gasteiger partial charge in [0.15, 0.2) is 0 Å². The molecule has 2 aromatic rings. The van der Waals surface area contributed by atoms with Crippen LogP contribution in [0.2, 0.25) is 5.02 Å². The van der Waals surface area contributed by atoms with Crippen molar-refractivity contribution in [3.05, 3.63) is 38.9 Å². The van der Waals surface area contributed by atoms with Crippen molar-refractivity contribution in [3.63, 3.8) is 0 Å². The van der Waals surface area contributed by atoms with Gasteiger partial charge in [-0.1, -0.05) is 11.6 Å². The number of nitrogens with zero attached hydrogens (tertiary/aromatic N) is 2. The second-order valence-electron chi connectivity index (χ2n) is 4.21. The second-order valence-corrected chi connectivity index (χ2v) is 4.64. The zero-order valence-electron chi connectivity index (χ0n) is 8.96. The van der Waals surface area contributed by atoms with Crippen LogP contribution < -0.4 is 5.56 Å². The van der Waals surface area contributed by atoms with E-state index in [1.165, 1.54) is 0 Å². The van der Waals surface area contributed by atoms with Crippen molar-refractivity contribution in [3.8, 4) is 0 Å².